The van der Waals surface area contributed by atoms with Gasteiger partial charge in [0, 0.05) is 31.2 Å². The van der Waals surface area contributed by atoms with E-state index in [1.165, 1.54) is 58.4 Å². The van der Waals surface area contributed by atoms with Gasteiger partial charge in [-0.05, 0) is 65.3 Å². The van der Waals surface area contributed by atoms with E-state index >= 15 is 0 Å². The minimum absolute atomic E-state index is 0.283. The number of rotatable bonds is 3. The Morgan fingerprint density at radius 1 is 1.16 bits per heavy atom. The number of nitrogens with zero attached hydrogens (tertiary/aromatic N) is 3. The predicted octanol–water partition coefficient (Wildman–Crippen LogP) is 0.436. The molecule has 0 aromatic rings. The van der Waals surface area contributed by atoms with Crippen LogP contribution in [-0.2, 0) is 0 Å². The van der Waals surface area contributed by atoms with E-state index in [0.717, 1.165) is 12.5 Å². The zero-order valence-corrected chi connectivity index (χ0v) is 12.6. The van der Waals surface area contributed by atoms with Gasteiger partial charge in [0.15, 0.2) is 0 Å². The molecule has 4 aliphatic heterocycles. The van der Waals surface area contributed by atoms with Gasteiger partial charge in [0.25, 0.3) is 0 Å². The Bertz CT molecular complexity index is 311. The maximum atomic E-state index is 6.30. The van der Waals surface area contributed by atoms with E-state index in [1.807, 2.05) is 0 Å². The molecule has 4 aliphatic rings. The summed E-state index contributed by atoms with van der Waals surface area (Å²) in [5.74, 6) is 0.836. The Balaban J connectivity index is 1.78. The van der Waals surface area contributed by atoms with Crippen molar-refractivity contribution >= 4 is 0 Å². The minimum Gasteiger partial charge on any atom is -0.329 e. The molecule has 4 heteroatoms. The molecule has 4 saturated heterocycles. The number of hydrogen-bond donors (Lipinski definition) is 1. The van der Waals surface area contributed by atoms with E-state index < -0.39 is 0 Å². The number of hydrogen-bond acceptors (Lipinski definition) is 4. The number of likely N-dealkylation sites (N-methyl/N-ethyl adjacent to an activating group) is 1. The zero-order chi connectivity index (χ0) is 13.5. The van der Waals surface area contributed by atoms with Gasteiger partial charge in [-0.3, -0.25) is 4.90 Å². The number of likely N-dealkylation sites (tertiary alicyclic amines) is 1. The van der Waals surface area contributed by atoms with Crippen molar-refractivity contribution in [3.8, 4) is 0 Å². The second-order valence-electron chi connectivity index (χ2n) is 7.06. The highest BCUT2D eigenvalue weighted by molar-refractivity contribution is 5.07. The van der Waals surface area contributed by atoms with Crippen LogP contribution in [0.25, 0.3) is 0 Å². The molecule has 2 N–H and O–H groups in total. The summed E-state index contributed by atoms with van der Waals surface area (Å²) in [5.41, 5.74) is 6.58. The van der Waals surface area contributed by atoms with Crippen molar-refractivity contribution in [3.05, 3.63) is 0 Å². The smallest absolute Gasteiger partial charge is 0.0488 e. The molecule has 4 nitrogen and oxygen atoms in total. The Hall–Kier alpha value is -0.160. The van der Waals surface area contributed by atoms with Crippen molar-refractivity contribution in [2.45, 2.75) is 37.3 Å². The number of piperidine rings is 4. The van der Waals surface area contributed by atoms with Gasteiger partial charge in [0.2, 0.25) is 0 Å². The molecule has 4 fully saturated rings. The molecule has 19 heavy (non-hydrogen) atoms. The van der Waals surface area contributed by atoms with Crippen molar-refractivity contribution in [1.29, 1.82) is 0 Å². The summed E-state index contributed by atoms with van der Waals surface area (Å²) in [5, 5.41) is 0. The highest BCUT2D eigenvalue weighted by Crippen LogP contribution is 2.40. The molecule has 0 saturated carbocycles. The molecular weight excluding hydrogens is 236 g/mol. The summed E-state index contributed by atoms with van der Waals surface area (Å²) in [7, 11) is 4.44. The summed E-state index contributed by atoms with van der Waals surface area (Å²) in [6.45, 7) is 7.14. The highest BCUT2D eigenvalue weighted by atomic mass is 15.3. The van der Waals surface area contributed by atoms with E-state index in [0.29, 0.717) is 6.04 Å². The van der Waals surface area contributed by atoms with Crippen LogP contribution in [0.5, 0.6) is 0 Å². The van der Waals surface area contributed by atoms with Crippen molar-refractivity contribution < 1.29 is 0 Å². The first-order valence-electron chi connectivity index (χ1n) is 7.99. The lowest BCUT2D eigenvalue weighted by molar-refractivity contribution is -0.0833. The third-order valence-electron chi connectivity index (χ3n) is 5.95. The molecule has 0 aromatic carbocycles. The Labute approximate surface area is 117 Å². The molecule has 4 heterocycles. The third-order valence-corrected chi connectivity index (χ3v) is 5.95. The van der Waals surface area contributed by atoms with E-state index in [1.54, 1.807) is 0 Å². The molecule has 110 valence electrons. The first-order valence-corrected chi connectivity index (χ1v) is 7.99. The van der Waals surface area contributed by atoms with Crippen LogP contribution in [-0.4, -0.2) is 79.6 Å². The van der Waals surface area contributed by atoms with Crippen LogP contribution in [0.2, 0.25) is 0 Å². The van der Waals surface area contributed by atoms with Gasteiger partial charge < -0.3 is 15.5 Å². The third kappa shape index (κ3) is 2.33. The molecule has 0 spiro atoms. The maximum absolute atomic E-state index is 6.30. The van der Waals surface area contributed by atoms with Gasteiger partial charge in [-0.25, -0.2) is 0 Å². The van der Waals surface area contributed by atoms with Crippen LogP contribution in [0, 0.1) is 5.92 Å². The Morgan fingerprint density at radius 3 is 2.42 bits per heavy atom. The monoisotopic (exact) mass is 266 g/mol. The van der Waals surface area contributed by atoms with Crippen LogP contribution in [0.4, 0.5) is 0 Å². The summed E-state index contributed by atoms with van der Waals surface area (Å²) in [6, 6.07) is 0.715. The molecule has 0 aromatic heterocycles. The quantitative estimate of drug-likeness (QED) is 0.804. The van der Waals surface area contributed by atoms with Gasteiger partial charge in [-0.1, -0.05) is 0 Å². The van der Waals surface area contributed by atoms with E-state index in [-0.39, 0.29) is 5.54 Å². The predicted molar refractivity (Wildman–Crippen MR) is 79.2 cm³/mol. The molecule has 2 bridgehead atoms. The molecule has 2 atom stereocenters. The lowest BCUT2D eigenvalue weighted by Gasteiger charge is -2.59. The maximum Gasteiger partial charge on any atom is 0.0488 e. The fraction of sp³-hybridized carbons (Fsp3) is 1.00. The number of fused-ring (bicyclic) bond motifs is 3. The summed E-state index contributed by atoms with van der Waals surface area (Å²) < 4.78 is 0. The Kier molecular flexibility index (Phi) is 3.87. The average molecular weight is 266 g/mol. The summed E-state index contributed by atoms with van der Waals surface area (Å²) >= 11 is 0. The standard InChI is InChI=1S/C15H30N4/c1-17(2)14-4-3-7-19(10-14)15(11-16)12-18-8-5-13(15)6-9-18/h13-14H,3-12,16H2,1-2H3. The van der Waals surface area contributed by atoms with Crippen LogP contribution >= 0.6 is 0 Å². The fourth-order valence-electron chi connectivity index (χ4n) is 4.64. The van der Waals surface area contributed by atoms with E-state index in [4.69, 9.17) is 5.73 Å². The van der Waals surface area contributed by atoms with Gasteiger partial charge in [0.05, 0.1) is 0 Å². The normalized spacial score (nSPS) is 43.9. The van der Waals surface area contributed by atoms with Crippen molar-refractivity contribution in [2.75, 3.05) is 53.4 Å². The molecular formula is C15H30N4. The Morgan fingerprint density at radius 2 is 1.89 bits per heavy atom. The van der Waals surface area contributed by atoms with Gasteiger partial charge in [-0.15, -0.1) is 0 Å². The minimum atomic E-state index is 0.283. The lowest BCUT2D eigenvalue weighted by atomic mass is 9.71. The van der Waals surface area contributed by atoms with Crippen LogP contribution in [0.15, 0.2) is 0 Å². The SMILES string of the molecule is CN(C)C1CCCN(C2(CN)CN3CCC2CC3)C1. The molecule has 4 rings (SSSR count). The van der Waals surface area contributed by atoms with E-state index in [9.17, 15) is 0 Å². The average Bonchev–Trinajstić information content (AvgIpc) is 2.48. The summed E-state index contributed by atoms with van der Waals surface area (Å²) in [4.78, 5) is 7.81. The first-order chi connectivity index (χ1) is 9.15. The van der Waals surface area contributed by atoms with Gasteiger partial charge >= 0.3 is 0 Å². The fourth-order valence-corrected chi connectivity index (χ4v) is 4.64. The van der Waals surface area contributed by atoms with Gasteiger partial charge in [0.1, 0.15) is 0 Å². The van der Waals surface area contributed by atoms with Crippen molar-refractivity contribution in [2.24, 2.45) is 11.7 Å². The molecule has 0 amide bonds. The van der Waals surface area contributed by atoms with Crippen molar-refractivity contribution in [1.82, 2.24) is 14.7 Å². The number of nitrogens with two attached hydrogens (primary N) is 1. The molecule has 2 unspecified atom stereocenters. The second kappa shape index (κ2) is 5.32. The summed E-state index contributed by atoms with van der Waals surface area (Å²) in [6.07, 6.45) is 5.40. The molecule has 0 aliphatic carbocycles. The second-order valence-corrected chi connectivity index (χ2v) is 7.06. The zero-order valence-electron chi connectivity index (χ0n) is 12.6. The topological polar surface area (TPSA) is 35.7 Å². The van der Waals surface area contributed by atoms with Crippen LogP contribution in [0.1, 0.15) is 25.7 Å². The lowest BCUT2D eigenvalue weighted by Crippen LogP contribution is -2.71. The van der Waals surface area contributed by atoms with Gasteiger partial charge in [-0.2, -0.15) is 0 Å². The largest absolute Gasteiger partial charge is 0.329 e. The molecule has 0 radical (unpaired) electrons. The first kappa shape index (κ1) is 13.8. The van der Waals surface area contributed by atoms with Crippen molar-refractivity contribution in [3.63, 3.8) is 0 Å². The van der Waals surface area contributed by atoms with Crippen LogP contribution in [0.3, 0.4) is 0 Å². The van der Waals surface area contributed by atoms with E-state index in [2.05, 4.69) is 28.8 Å². The highest BCUT2D eigenvalue weighted by Gasteiger charge is 2.50. The van der Waals surface area contributed by atoms with Crippen LogP contribution < -0.4 is 5.73 Å².